The molecule has 4 aliphatic rings. The predicted octanol–water partition coefficient (Wildman–Crippen LogP) is 2.13. The number of carbonyl (C=O) groups is 1. The summed E-state index contributed by atoms with van der Waals surface area (Å²) < 4.78 is 2.00. The van der Waals surface area contributed by atoms with Gasteiger partial charge in [0.05, 0.1) is 6.20 Å². The summed E-state index contributed by atoms with van der Waals surface area (Å²) in [5, 5.41) is 4.40. The molecule has 4 heterocycles. The van der Waals surface area contributed by atoms with Crippen molar-refractivity contribution in [1.82, 2.24) is 19.6 Å². The first-order valence-corrected chi connectivity index (χ1v) is 9.27. The fourth-order valence-corrected chi connectivity index (χ4v) is 4.36. The van der Waals surface area contributed by atoms with Crippen LogP contribution in [0.25, 0.3) is 0 Å². The molecular formula is C18H28N4O. The van der Waals surface area contributed by atoms with Crippen LogP contribution in [0.3, 0.4) is 0 Å². The predicted molar refractivity (Wildman–Crippen MR) is 88.7 cm³/mol. The second kappa shape index (κ2) is 6.27. The minimum Gasteiger partial charge on any atom is -0.341 e. The highest BCUT2D eigenvalue weighted by atomic mass is 16.2. The molecule has 5 rings (SSSR count). The van der Waals surface area contributed by atoms with Gasteiger partial charge in [-0.05, 0) is 38.5 Å². The summed E-state index contributed by atoms with van der Waals surface area (Å²) in [5.74, 6) is 1.43. The summed E-state index contributed by atoms with van der Waals surface area (Å²) in [6.07, 6.45) is 10.2. The molecule has 1 aliphatic carbocycles. The van der Waals surface area contributed by atoms with Gasteiger partial charge in [0.2, 0.25) is 5.91 Å². The number of nitrogens with zero attached hydrogens (tertiary/aromatic N) is 4. The molecule has 0 N–H and O–H groups in total. The van der Waals surface area contributed by atoms with Gasteiger partial charge in [-0.15, -0.1) is 0 Å². The normalized spacial score (nSPS) is 28.7. The van der Waals surface area contributed by atoms with E-state index in [1.54, 1.807) is 0 Å². The average molecular weight is 316 g/mol. The van der Waals surface area contributed by atoms with Crippen LogP contribution in [0, 0.1) is 11.8 Å². The topological polar surface area (TPSA) is 41.4 Å². The first-order valence-electron chi connectivity index (χ1n) is 9.27. The fraction of sp³-hybridized carbons (Fsp3) is 0.778. The lowest BCUT2D eigenvalue weighted by molar-refractivity contribution is -0.138. The number of hydrogen-bond acceptors (Lipinski definition) is 3. The molecule has 2 atom stereocenters. The molecule has 1 aromatic rings. The van der Waals surface area contributed by atoms with Crippen molar-refractivity contribution in [2.75, 3.05) is 19.6 Å². The van der Waals surface area contributed by atoms with Crippen LogP contribution in [-0.2, 0) is 17.9 Å². The van der Waals surface area contributed by atoms with Crippen LogP contribution in [-0.4, -0.2) is 51.2 Å². The summed E-state index contributed by atoms with van der Waals surface area (Å²) in [6, 6.07) is 0.530. The van der Waals surface area contributed by atoms with Crippen LogP contribution in [0.2, 0.25) is 0 Å². The minimum atomic E-state index is 0.337. The molecule has 1 amide bonds. The number of fused-ring (bicyclic) bond motifs is 4. The maximum Gasteiger partial charge on any atom is 0.225 e. The highest BCUT2D eigenvalue weighted by Gasteiger charge is 2.39. The molecule has 126 valence electrons. The van der Waals surface area contributed by atoms with E-state index in [-0.39, 0.29) is 0 Å². The SMILES string of the molecule is CCn1cc(CN2C[C@@H]3CC[C@H]2CN(C(=O)C2CCC2)C3)cn1. The molecular weight excluding hydrogens is 288 g/mol. The summed E-state index contributed by atoms with van der Waals surface area (Å²) in [6.45, 7) is 7.08. The molecule has 0 unspecified atom stereocenters. The van der Waals surface area contributed by atoms with Gasteiger partial charge < -0.3 is 4.90 Å². The molecule has 0 spiro atoms. The van der Waals surface area contributed by atoms with E-state index in [0.717, 1.165) is 45.6 Å². The summed E-state index contributed by atoms with van der Waals surface area (Å²) in [4.78, 5) is 17.4. The molecule has 23 heavy (non-hydrogen) atoms. The summed E-state index contributed by atoms with van der Waals surface area (Å²) in [5.41, 5.74) is 1.30. The van der Waals surface area contributed by atoms with Gasteiger partial charge >= 0.3 is 0 Å². The number of carbonyl (C=O) groups excluding carboxylic acids is 1. The van der Waals surface area contributed by atoms with E-state index in [0.29, 0.717) is 23.8 Å². The van der Waals surface area contributed by atoms with Gasteiger partial charge in [0, 0.05) is 56.4 Å². The van der Waals surface area contributed by atoms with Gasteiger partial charge in [0.1, 0.15) is 0 Å². The van der Waals surface area contributed by atoms with E-state index in [9.17, 15) is 4.79 Å². The third-order valence-electron chi connectivity index (χ3n) is 5.99. The highest BCUT2D eigenvalue weighted by Crippen LogP contribution is 2.33. The Balaban J connectivity index is 1.43. The zero-order chi connectivity index (χ0) is 15.8. The molecule has 2 bridgehead atoms. The smallest absolute Gasteiger partial charge is 0.225 e. The lowest BCUT2D eigenvalue weighted by Gasteiger charge is -2.36. The Morgan fingerprint density at radius 2 is 2.09 bits per heavy atom. The van der Waals surface area contributed by atoms with Crippen molar-refractivity contribution in [3.63, 3.8) is 0 Å². The van der Waals surface area contributed by atoms with Crippen molar-refractivity contribution in [2.24, 2.45) is 11.8 Å². The Kier molecular flexibility index (Phi) is 4.14. The van der Waals surface area contributed by atoms with Crippen molar-refractivity contribution < 1.29 is 4.79 Å². The highest BCUT2D eigenvalue weighted by molar-refractivity contribution is 5.79. The van der Waals surface area contributed by atoms with Crippen LogP contribution in [0.15, 0.2) is 12.4 Å². The van der Waals surface area contributed by atoms with Gasteiger partial charge in [0.25, 0.3) is 0 Å². The second-order valence-electron chi connectivity index (χ2n) is 7.60. The van der Waals surface area contributed by atoms with Gasteiger partial charge in [-0.3, -0.25) is 14.4 Å². The molecule has 3 aliphatic heterocycles. The fourth-order valence-electron chi connectivity index (χ4n) is 4.36. The van der Waals surface area contributed by atoms with E-state index in [4.69, 9.17) is 0 Å². The molecule has 5 heteroatoms. The molecule has 0 aromatic carbocycles. The Hall–Kier alpha value is -1.36. The third kappa shape index (κ3) is 3.03. The Labute approximate surface area is 138 Å². The summed E-state index contributed by atoms with van der Waals surface area (Å²) >= 11 is 0. The number of amides is 1. The van der Waals surface area contributed by atoms with Crippen LogP contribution in [0.4, 0.5) is 0 Å². The first-order chi connectivity index (χ1) is 11.2. The van der Waals surface area contributed by atoms with Crippen LogP contribution in [0.1, 0.15) is 44.6 Å². The van der Waals surface area contributed by atoms with E-state index in [2.05, 4.69) is 28.0 Å². The van der Waals surface area contributed by atoms with Crippen LogP contribution < -0.4 is 0 Å². The number of piperidine rings is 1. The number of hydrogen-bond donors (Lipinski definition) is 0. The van der Waals surface area contributed by atoms with Gasteiger partial charge in [-0.1, -0.05) is 6.42 Å². The van der Waals surface area contributed by atoms with E-state index < -0.39 is 0 Å². The third-order valence-corrected chi connectivity index (χ3v) is 5.99. The number of aryl methyl sites for hydroxylation is 1. The molecule has 3 saturated heterocycles. The zero-order valence-electron chi connectivity index (χ0n) is 14.2. The first kappa shape index (κ1) is 15.2. The standard InChI is InChI=1S/C18H28N4O/c1-2-22-12-15(8-19-22)11-20-9-14-6-7-17(20)13-21(10-14)18(23)16-4-3-5-16/h8,12,14,16-17H,2-7,9-11,13H2,1H3/t14-,17-/m0/s1. The average Bonchev–Trinajstić information content (AvgIpc) is 2.75. The Morgan fingerprint density at radius 3 is 2.78 bits per heavy atom. The zero-order valence-corrected chi connectivity index (χ0v) is 14.2. The molecule has 0 radical (unpaired) electrons. The lowest BCUT2D eigenvalue weighted by Crippen LogP contribution is -2.45. The van der Waals surface area contributed by atoms with Crippen molar-refractivity contribution in [2.45, 2.75) is 58.2 Å². The van der Waals surface area contributed by atoms with Crippen LogP contribution >= 0.6 is 0 Å². The van der Waals surface area contributed by atoms with Crippen molar-refractivity contribution in [1.29, 1.82) is 0 Å². The number of rotatable bonds is 4. The monoisotopic (exact) mass is 316 g/mol. The quantitative estimate of drug-likeness (QED) is 0.854. The molecule has 4 fully saturated rings. The molecule has 1 saturated carbocycles. The minimum absolute atomic E-state index is 0.337. The summed E-state index contributed by atoms with van der Waals surface area (Å²) in [7, 11) is 0. The lowest BCUT2D eigenvalue weighted by atomic mass is 9.84. The molecule has 5 nitrogen and oxygen atoms in total. The largest absolute Gasteiger partial charge is 0.341 e. The van der Waals surface area contributed by atoms with E-state index >= 15 is 0 Å². The van der Waals surface area contributed by atoms with Crippen LogP contribution in [0.5, 0.6) is 0 Å². The van der Waals surface area contributed by atoms with Gasteiger partial charge in [-0.25, -0.2) is 0 Å². The Bertz CT molecular complexity index is 565. The van der Waals surface area contributed by atoms with E-state index in [1.165, 1.54) is 24.8 Å². The van der Waals surface area contributed by atoms with Crippen molar-refractivity contribution >= 4 is 5.91 Å². The Morgan fingerprint density at radius 1 is 1.22 bits per heavy atom. The van der Waals surface area contributed by atoms with Crippen molar-refractivity contribution in [3.8, 4) is 0 Å². The number of aromatic nitrogens is 2. The molecule has 1 aromatic heterocycles. The van der Waals surface area contributed by atoms with Crippen molar-refractivity contribution in [3.05, 3.63) is 18.0 Å². The second-order valence-corrected chi connectivity index (χ2v) is 7.60. The maximum absolute atomic E-state index is 12.7. The van der Waals surface area contributed by atoms with E-state index in [1.807, 2.05) is 10.9 Å². The van der Waals surface area contributed by atoms with Gasteiger partial charge in [-0.2, -0.15) is 5.10 Å². The van der Waals surface area contributed by atoms with Gasteiger partial charge in [0.15, 0.2) is 0 Å². The maximum atomic E-state index is 12.7.